The number of aromatic carboxylic acids is 1. The number of allylic oxidation sites excluding steroid dienone is 7. The molecule has 5 heteroatoms. The summed E-state index contributed by atoms with van der Waals surface area (Å²) in [6, 6.07) is 6.95. The normalized spacial score (nSPS) is 21.0. The van der Waals surface area contributed by atoms with Crippen molar-refractivity contribution in [3.63, 3.8) is 0 Å². The number of carboxylic acids is 1. The molecule has 0 fully saturated rings. The number of ether oxygens (including phenoxy) is 1. The van der Waals surface area contributed by atoms with Crippen LogP contribution < -0.4 is 10.1 Å². The molecular formula is C31H32FNO3. The van der Waals surface area contributed by atoms with Gasteiger partial charge in [-0.1, -0.05) is 62.9 Å². The molecule has 2 N–H and O–H groups in total. The van der Waals surface area contributed by atoms with Gasteiger partial charge in [0.1, 0.15) is 22.9 Å². The molecule has 4 nitrogen and oxygen atoms in total. The van der Waals surface area contributed by atoms with Gasteiger partial charge >= 0.3 is 5.97 Å². The SMILES string of the molecule is C=C1C=C(C2=C\CC(C)/C=C/C=C\2)Oc2c1cc(C)cc2C(C)Nc1ccc(CC)c(F)c1C(=O)O. The fraction of sp³-hybridized carbons (Fsp3) is 0.258. The molecule has 186 valence electrons. The van der Waals surface area contributed by atoms with E-state index in [2.05, 4.69) is 31.0 Å². The maximum Gasteiger partial charge on any atom is 0.340 e. The van der Waals surface area contributed by atoms with Crippen molar-refractivity contribution in [3.05, 3.63) is 112 Å². The Kier molecular flexibility index (Phi) is 7.30. The van der Waals surface area contributed by atoms with Gasteiger partial charge in [0.15, 0.2) is 0 Å². The highest BCUT2D eigenvalue weighted by Crippen LogP contribution is 2.42. The molecule has 36 heavy (non-hydrogen) atoms. The van der Waals surface area contributed by atoms with Crippen molar-refractivity contribution in [1.29, 1.82) is 0 Å². The van der Waals surface area contributed by atoms with Crippen LogP contribution in [0.15, 0.2) is 78.6 Å². The monoisotopic (exact) mass is 485 g/mol. The minimum atomic E-state index is -1.30. The Hall–Kier alpha value is -3.86. The lowest BCUT2D eigenvalue weighted by Crippen LogP contribution is -2.16. The van der Waals surface area contributed by atoms with E-state index >= 15 is 0 Å². The third kappa shape index (κ3) is 5.06. The van der Waals surface area contributed by atoms with E-state index in [0.29, 0.717) is 29.4 Å². The third-order valence-electron chi connectivity index (χ3n) is 6.60. The summed E-state index contributed by atoms with van der Waals surface area (Å²) in [5.41, 5.74) is 4.83. The highest BCUT2D eigenvalue weighted by molar-refractivity contribution is 5.95. The molecule has 1 aliphatic carbocycles. The van der Waals surface area contributed by atoms with Crippen LogP contribution in [0.4, 0.5) is 10.1 Å². The Bertz CT molecular complexity index is 1350. The van der Waals surface area contributed by atoms with Gasteiger partial charge < -0.3 is 15.2 Å². The van der Waals surface area contributed by atoms with Gasteiger partial charge in [0.25, 0.3) is 0 Å². The summed E-state index contributed by atoms with van der Waals surface area (Å²) in [5.74, 6) is -0.187. The van der Waals surface area contributed by atoms with E-state index in [-0.39, 0.29) is 17.3 Å². The highest BCUT2D eigenvalue weighted by Gasteiger charge is 2.26. The molecule has 0 saturated heterocycles. The Balaban J connectivity index is 1.72. The van der Waals surface area contributed by atoms with Gasteiger partial charge in [-0.15, -0.1) is 0 Å². The lowest BCUT2D eigenvalue weighted by molar-refractivity contribution is 0.0692. The van der Waals surface area contributed by atoms with Crippen LogP contribution in [0.1, 0.15) is 65.8 Å². The van der Waals surface area contributed by atoms with Gasteiger partial charge in [-0.3, -0.25) is 0 Å². The zero-order chi connectivity index (χ0) is 26.0. The average Bonchev–Trinajstić information content (AvgIpc) is 2.81. The number of benzene rings is 2. The molecule has 0 bridgehead atoms. The van der Waals surface area contributed by atoms with Gasteiger partial charge in [0.2, 0.25) is 0 Å². The molecular weight excluding hydrogens is 453 g/mol. The Morgan fingerprint density at radius 2 is 2.08 bits per heavy atom. The van der Waals surface area contributed by atoms with E-state index in [1.165, 1.54) is 0 Å². The summed E-state index contributed by atoms with van der Waals surface area (Å²) in [5, 5.41) is 12.9. The summed E-state index contributed by atoms with van der Waals surface area (Å²) in [7, 11) is 0. The second kappa shape index (κ2) is 10.4. The van der Waals surface area contributed by atoms with E-state index in [1.807, 2.05) is 50.3 Å². The molecule has 2 atom stereocenters. The van der Waals surface area contributed by atoms with Crippen LogP contribution in [0.5, 0.6) is 5.75 Å². The zero-order valence-corrected chi connectivity index (χ0v) is 21.2. The molecule has 2 unspecified atom stereocenters. The first-order valence-corrected chi connectivity index (χ1v) is 12.3. The summed E-state index contributed by atoms with van der Waals surface area (Å²) in [6.07, 6.45) is 13.7. The molecule has 0 aromatic heterocycles. The van der Waals surface area contributed by atoms with E-state index in [9.17, 15) is 14.3 Å². The van der Waals surface area contributed by atoms with Gasteiger partial charge in [0.05, 0.1) is 11.7 Å². The molecule has 4 rings (SSSR count). The lowest BCUT2D eigenvalue weighted by Gasteiger charge is -2.27. The first-order chi connectivity index (χ1) is 17.2. The van der Waals surface area contributed by atoms with Gasteiger partial charge in [-0.05, 0) is 67.5 Å². The second-order valence-corrected chi connectivity index (χ2v) is 9.47. The fourth-order valence-electron chi connectivity index (χ4n) is 4.58. The number of carbonyl (C=O) groups is 1. The summed E-state index contributed by atoms with van der Waals surface area (Å²) in [4.78, 5) is 11.9. The molecule has 0 radical (unpaired) electrons. The summed E-state index contributed by atoms with van der Waals surface area (Å²) in [6.45, 7) is 12.2. The highest BCUT2D eigenvalue weighted by atomic mass is 19.1. The number of carboxylic acid groups (broad SMARTS) is 1. The van der Waals surface area contributed by atoms with Crippen LogP contribution in [-0.2, 0) is 6.42 Å². The summed E-state index contributed by atoms with van der Waals surface area (Å²) < 4.78 is 21.4. The minimum Gasteiger partial charge on any atom is -0.478 e. The number of anilines is 1. The van der Waals surface area contributed by atoms with E-state index in [4.69, 9.17) is 4.74 Å². The lowest BCUT2D eigenvalue weighted by atomic mass is 9.92. The molecule has 1 aliphatic heterocycles. The van der Waals surface area contributed by atoms with Crippen molar-refractivity contribution in [2.75, 3.05) is 5.32 Å². The Labute approximate surface area is 212 Å². The van der Waals surface area contributed by atoms with E-state index < -0.39 is 11.8 Å². The standard InChI is InChI=1S/C31H32FNO3/c1-6-22-13-14-26(28(29(22)32)31(34)35)33-21(5)25-16-19(3)15-24-20(4)17-27(36-30(24)25)23-10-8-7-9-18(2)11-12-23/h7-10,12-18,21,33H,4,6,11H2,1-3,5H3,(H,34,35)/b9-7+,10-8-,23-12-. The van der Waals surface area contributed by atoms with Gasteiger partial charge in [-0.25, -0.2) is 9.18 Å². The van der Waals surface area contributed by atoms with Crippen molar-refractivity contribution >= 4 is 17.2 Å². The topological polar surface area (TPSA) is 58.6 Å². The van der Waals surface area contributed by atoms with Crippen molar-refractivity contribution < 1.29 is 19.0 Å². The van der Waals surface area contributed by atoms with Crippen LogP contribution in [-0.4, -0.2) is 11.1 Å². The van der Waals surface area contributed by atoms with E-state index in [0.717, 1.165) is 34.3 Å². The molecule has 0 saturated carbocycles. The fourth-order valence-corrected chi connectivity index (χ4v) is 4.58. The molecule has 0 amide bonds. The maximum absolute atomic E-state index is 14.9. The zero-order valence-electron chi connectivity index (χ0n) is 21.2. The van der Waals surface area contributed by atoms with Crippen molar-refractivity contribution in [1.82, 2.24) is 0 Å². The van der Waals surface area contributed by atoms with Crippen LogP contribution in [0.3, 0.4) is 0 Å². The number of rotatable bonds is 6. The van der Waals surface area contributed by atoms with Crippen molar-refractivity contribution in [2.24, 2.45) is 5.92 Å². The van der Waals surface area contributed by atoms with Crippen molar-refractivity contribution in [3.8, 4) is 5.75 Å². The summed E-state index contributed by atoms with van der Waals surface area (Å²) >= 11 is 0. The number of aryl methyl sites for hydroxylation is 2. The predicted molar refractivity (Wildman–Crippen MR) is 144 cm³/mol. The van der Waals surface area contributed by atoms with Crippen LogP contribution in [0, 0.1) is 18.7 Å². The Morgan fingerprint density at radius 1 is 1.31 bits per heavy atom. The number of hydrogen-bond acceptors (Lipinski definition) is 3. The number of hydrogen-bond donors (Lipinski definition) is 2. The molecule has 0 spiro atoms. The largest absolute Gasteiger partial charge is 0.478 e. The maximum atomic E-state index is 14.9. The van der Waals surface area contributed by atoms with Crippen LogP contribution in [0.25, 0.3) is 5.57 Å². The quantitative estimate of drug-likeness (QED) is 0.436. The minimum absolute atomic E-state index is 0.233. The first-order valence-electron chi connectivity index (χ1n) is 12.3. The van der Waals surface area contributed by atoms with E-state index in [1.54, 1.807) is 19.1 Å². The number of nitrogens with one attached hydrogen (secondary N) is 1. The van der Waals surface area contributed by atoms with Gasteiger partial charge in [-0.2, -0.15) is 0 Å². The van der Waals surface area contributed by atoms with Crippen LogP contribution >= 0.6 is 0 Å². The van der Waals surface area contributed by atoms with Gasteiger partial charge in [0, 0.05) is 16.7 Å². The molecule has 2 aromatic carbocycles. The van der Waals surface area contributed by atoms with Crippen molar-refractivity contribution in [2.45, 2.75) is 46.6 Å². The number of halogens is 1. The second-order valence-electron chi connectivity index (χ2n) is 9.47. The first kappa shape index (κ1) is 25.2. The number of fused-ring (bicyclic) bond motifs is 1. The Morgan fingerprint density at radius 3 is 2.81 bits per heavy atom. The molecule has 1 heterocycles. The third-order valence-corrected chi connectivity index (χ3v) is 6.60. The van der Waals surface area contributed by atoms with Crippen LogP contribution in [0.2, 0.25) is 0 Å². The molecule has 2 aromatic rings. The smallest absolute Gasteiger partial charge is 0.340 e. The average molecular weight is 486 g/mol. The predicted octanol–water partition coefficient (Wildman–Crippen LogP) is 7.94. The molecule has 2 aliphatic rings.